The summed E-state index contributed by atoms with van der Waals surface area (Å²) in [6.45, 7) is 6.19. The van der Waals surface area contributed by atoms with Gasteiger partial charge in [0, 0.05) is 25.1 Å². The molecule has 1 N–H and O–H groups in total. The zero-order valence-corrected chi connectivity index (χ0v) is 7.55. The molecular weight excluding hydrogens is 152 g/mol. The van der Waals surface area contributed by atoms with Gasteiger partial charge in [-0.1, -0.05) is 19.0 Å². The third-order valence-electron chi connectivity index (χ3n) is 2.14. The fraction of sp³-hybridized carbons (Fsp3) is 0.667. The van der Waals surface area contributed by atoms with E-state index < -0.39 is 0 Å². The van der Waals surface area contributed by atoms with Crippen LogP contribution in [0.25, 0.3) is 0 Å². The van der Waals surface area contributed by atoms with Gasteiger partial charge in [0.05, 0.1) is 0 Å². The predicted octanol–water partition coefficient (Wildman–Crippen LogP) is 1.48. The van der Waals surface area contributed by atoms with Crippen LogP contribution in [0.1, 0.15) is 30.9 Å². The lowest BCUT2D eigenvalue weighted by Gasteiger charge is -2.00. The van der Waals surface area contributed by atoms with Gasteiger partial charge in [-0.3, -0.25) is 0 Å². The number of nitrogens with one attached hydrogen (secondary N) is 1. The summed E-state index contributed by atoms with van der Waals surface area (Å²) in [6.07, 6.45) is 1.00. The van der Waals surface area contributed by atoms with Gasteiger partial charge >= 0.3 is 0 Å². The Morgan fingerprint density at radius 3 is 3.08 bits per heavy atom. The molecule has 0 saturated carbocycles. The summed E-state index contributed by atoms with van der Waals surface area (Å²) in [6, 6.07) is 0. The average molecular weight is 166 g/mol. The highest BCUT2D eigenvalue weighted by Crippen LogP contribution is 2.21. The molecule has 1 aromatic heterocycles. The molecule has 3 nitrogen and oxygen atoms in total. The molecule has 0 spiro atoms. The fourth-order valence-electron chi connectivity index (χ4n) is 1.56. The van der Waals surface area contributed by atoms with Crippen molar-refractivity contribution in [2.24, 2.45) is 5.92 Å². The molecule has 0 unspecified atom stereocenters. The summed E-state index contributed by atoms with van der Waals surface area (Å²) in [5.41, 5.74) is 2.40. The Balaban J connectivity index is 2.22. The molecule has 0 aromatic carbocycles. The first-order valence-electron chi connectivity index (χ1n) is 4.44. The molecule has 66 valence electrons. The van der Waals surface area contributed by atoms with Crippen molar-refractivity contribution in [3.63, 3.8) is 0 Å². The quantitative estimate of drug-likeness (QED) is 0.723. The fourth-order valence-corrected chi connectivity index (χ4v) is 1.56. The minimum absolute atomic E-state index is 0.641. The summed E-state index contributed by atoms with van der Waals surface area (Å²) in [4.78, 5) is 0. The van der Waals surface area contributed by atoms with Gasteiger partial charge in [0.2, 0.25) is 0 Å². The molecule has 0 radical (unpaired) electrons. The summed E-state index contributed by atoms with van der Waals surface area (Å²) in [7, 11) is 0. The SMILES string of the molecule is CC(C)Cc1onc2c1CNC2. The number of rotatable bonds is 2. The Kier molecular flexibility index (Phi) is 1.89. The van der Waals surface area contributed by atoms with Crippen LogP contribution in [0.5, 0.6) is 0 Å². The average Bonchev–Trinajstić information content (AvgIpc) is 2.52. The van der Waals surface area contributed by atoms with Crippen LogP contribution in [0.2, 0.25) is 0 Å². The van der Waals surface area contributed by atoms with Crippen molar-refractivity contribution in [2.45, 2.75) is 33.4 Å². The third-order valence-corrected chi connectivity index (χ3v) is 2.14. The Morgan fingerprint density at radius 2 is 2.33 bits per heavy atom. The molecule has 2 rings (SSSR count). The second kappa shape index (κ2) is 2.90. The lowest BCUT2D eigenvalue weighted by Crippen LogP contribution is -2.03. The van der Waals surface area contributed by atoms with Crippen molar-refractivity contribution in [1.82, 2.24) is 10.5 Å². The summed E-state index contributed by atoms with van der Waals surface area (Å²) in [5.74, 6) is 1.72. The first-order chi connectivity index (χ1) is 5.77. The van der Waals surface area contributed by atoms with E-state index in [0.717, 1.165) is 31.0 Å². The monoisotopic (exact) mass is 166 g/mol. The van der Waals surface area contributed by atoms with E-state index in [-0.39, 0.29) is 0 Å². The normalized spacial score (nSPS) is 15.6. The van der Waals surface area contributed by atoms with Crippen LogP contribution in [0.4, 0.5) is 0 Å². The van der Waals surface area contributed by atoms with E-state index in [0.29, 0.717) is 5.92 Å². The van der Waals surface area contributed by atoms with Gasteiger partial charge in [-0.2, -0.15) is 0 Å². The van der Waals surface area contributed by atoms with Crippen molar-refractivity contribution in [1.29, 1.82) is 0 Å². The number of aromatic nitrogens is 1. The van der Waals surface area contributed by atoms with E-state index in [4.69, 9.17) is 4.52 Å². The third kappa shape index (κ3) is 1.25. The van der Waals surface area contributed by atoms with Gasteiger partial charge < -0.3 is 9.84 Å². The van der Waals surface area contributed by atoms with Crippen LogP contribution < -0.4 is 5.32 Å². The number of fused-ring (bicyclic) bond motifs is 1. The molecule has 1 aliphatic heterocycles. The highest BCUT2D eigenvalue weighted by Gasteiger charge is 2.20. The maximum atomic E-state index is 5.26. The van der Waals surface area contributed by atoms with Gasteiger partial charge in [0.1, 0.15) is 11.5 Å². The predicted molar refractivity (Wildman–Crippen MR) is 45.6 cm³/mol. The lowest BCUT2D eigenvalue weighted by atomic mass is 10.1. The number of hydrogen-bond acceptors (Lipinski definition) is 3. The molecule has 12 heavy (non-hydrogen) atoms. The molecule has 0 amide bonds. The lowest BCUT2D eigenvalue weighted by molar-refractivity contribution is 0.357. The van der Waals surface area contributed by atoms with Crippen LogP contribution in [-0.4, -0.2) is 5.16 Å². The van der Waals surface area contributed by atoms with E-state index in [9.17, 15) is 0 Å². The zero-order valence-electron chi connectivity index (χ0n) is 7.55. The molecule has 3 heteroatoms. The molecule has 0 bridgehead atoms. The molecule has 2 heterocycles. The summed E-state index contributed by atoms with van der Waals surface area (Å²) >= 11 is 0. The van der Waals surface area contributed by atoms with Crippen molar-refractivity contribution in [2.75, 3.05) is 0 Å². The van der Waals surface area contributed by atoms with E-state index in [1.54, 1.807) is 0 Å². The minimum atomic E-state index is 0.641. The number of nitrogens with zero attached hydrogens (tertiary/aromatic N) is 1. The van der Waals surface area contributed by atoms with Gasteiger partial charge in [-0.05, 0) is 5.92 Å². The first kappa shape index (κ1) is 7.80. The highest BCUT2D eigenvalue weighted by molar-refractivity contribution is 5.26. The maximum absolute atomic E-state index is 5.26. The van der Waals surface area contributed by atoms with Gasteiger partial charge in [-0.25, -0.2) is 0 Å². The molecule has 0 atom stereocenters. The standard InChI is InChI=1S/C9H14N2O/c1-6(2)3-9-7-4-10-5-8(7)11-12-9/h6,10H,3-5H2,1-2H3. The second-order valence-corrected chi connectivity index (χ2v) is 3.73. The number of hydrogen-bond donors (Lipinski definition) is 1. The van der Waals surface area contributed by atoms with Crippen molar-refractivity contribution in [3.05, 3.63) is 17.0 Å². The topological polar surface area (TPSA) is 38.1 Å². The molecule has 1 aliphatic rings. The summed E-state index contributed by atoms with van der Waals surface area (Å²) < 4.78 is 5.26. The van der Waals surface area contributed by atoms with Crippen molar-refractivity contribution in [3.8, 4) is 0 Å². The van der Waals surface area contributed by atoms with Crippen LogP contribution in [-0.2, 0) is 19.5 Å². The minimum Gasteiger partial charge on any atom is -0.361 e. The van der Waals surface area contributed by atoms with E-state index in [2.05, 4.69) is 24.3 Å². The van der Waals surface area contributed by atoms with E-state index in [1.807, 2.05) is 0 Å². The van der Waals surface area contributed by atoms with Gasteiger partial charge in [-0.15, -0.1) is 0 Å². The maximum Gasteiger partial charge on any atom is 0.141 e. The van der Waals surface area contributed by atoms with Crippen LogP contribution in [0, 0.1) is 5.92 Å². The Bertz CT molecular complexity index is 278. The molecule has 0 aliphatic carbocycles. The Hall–Kier alpha value is -0.830. The Labute approximate surface area is 72.1 Å². The largest absolute Gasteiger partial charge is 0.361 e. The second-order valence-electron chi connectivity index (χ2n) is 3.73. The Morgan fingerprint density at radius 1 is 1.50 bits per heavy atom. The first-order valence-corrected chi connectivity index (χ1v) is 4.44. The zero-order chi connectivity index (χ0) is 8.55. The van der Waals surface area contributed by atoms with E-state index in [1.165, 1.54) is 5.56 Å². The molecular formula is C9H14N2O. The van der Waals surface area contributed by atoms with Crippen LogP contribution >= 0.6 is 0 Å². The van der Waals surface area contributed by atoms with E-state index >= 15 is 0 Å². The van der Waals surface area contributed by atoms with Crippen molar-refractivity contribution < 1.29 is 4.52 Å². The van der Waals surface area contributed by atoms with Crippen molar-refractivity contribution >= 4 is 0 Å². The van der Waals surface area contributed by atoms with Gasteiger partial charge in [0.15, 0.2) is 0 Å². The molecule has 1 aromatic rings. The highest BCUT2D eigenvalue weighted by atomic mass is 16.5. The van der Waals surface area contributed by atoms with Crippen LogP contribution in [0.3, 0.4) is 0 Å². The smallest absolute Gasteiger partial charge is 0.141 e. The van der Waals surface area contributed by atoms with Gasteiger partial charge in [0.25, 0.3) is 0 Å². The molecule has 0 saturated heterocycles. The summed E-state index contributed by atoms with van der Waals surface area (Å²) in [5, 5.41) is 7.27. The van der Waals surface area contributed by atoms with Crippen LogP contribution in [0.15, 0.2) is 4.52 Å². The molecule has 0 fully saturated rings.